The third-order valence-corrected chi connectivity index (χ3v) is 5.25. The molecule has 0 aromatic carbocycles. The van der Waals surface area contributed by atoms with E-state index in [9.17, 15) is 27.6 Å². The number of hydrogen-bond donors (Lipinski definition) is 0. The Hall–Kier alpha value is -2.37. The summed E-state index contributed by atoms with van der Waals surface area (Å²) in [6, 6.07) is -1.43. The molecule has 0 radical (unpaired) electrons. The summed E-state index contributed by atoms with van der Waals surface area (Å²) in [4.78, 5) is 50.3. The smallest absolute Gasteiger partial charge is 0.417 e. The Kier molecular flexibility index (Phi) is 3.86. The van der Waals surface area contributed by atoms with Crippen molar-refractivity contribution in [2.24, 2.45) is 5.92 Å². The number of hydrogen-bond acceptors (Lipinski definition) is 7. The Labute approximate surface area is 137 Å². The van der Waals surface area contributed by atoms with Gasteiger partial charge >= 0.3 is 18.2 Å². The van der Waals surface area contributed by atoms with Crippen LogP contribution in [0.3, 0.4) is 0 Å². The summed E-state index contributed by atoms with van der Waals surface area (Å²) in [5, 5.41) is 0. The first-order valence-electron chi connectivity index (χ1n) is 7.23. The maximum absolute atomic E-state index is 12.3. The van der Waals surface area contributed by atoms with Gasteiger partial charge < -0.3 is 9.64 Å². The van der Waals surface area contributed by atoms with Gasteiger partial charge in [0.2, 0.25) is 10.0 Å². The fraction of sp³-hybridized carbons (Fsp3) is 0.667. The summed E-state index contributed by atoms with van der Waals surface area (Å²) in [6.45, 7) is 0.386. The highest BCUT2D eigenvalue weighted by atomic mass is 32.2. The van der Waals surface area contributed by atoms with Crippen molar-refractivity contribution < 1.29 is 32.3 Å². The molecule has 0 aromatic heterocycles. The SMILES string of the molecule is CS(=O)(=O)N1CCN(C(=O)N2CC(CN3C(=O)COC3=O)C2)C1=O. The van der Waals surface area contributed by atoms with Gasteiger partial charge in [0.05, 0.1) is 19.3 Å². The number of nitrogens with zero attached hydrogens (tertiary/aromatic N) is 4. The quantitative estimate of drug-likeness (QED) is 0.613. The molecule has 0 spiro atoms. The molecule has 11 nitrogen and oxygen atoms in total. The Morgan fingerprint density at radius 2 is 1.88 bits per heavy atom. The van der Waals surface area contributed by atoms with Gasteiger partial charge in [-0.3, -0.25) is 4.79 Å². The van der Waals surface area contributed by atoms with E-state index in [4.69, 9.17) is 0 Å². The van der Waals surface area contributed by atoms with E-state index in [0.717, 1.165) is 16.1 Å². The number of sulfonamides is 1. The van der Waals surface area contributed by atoms with Crippen molar-refractivity contribution >= 4 is 34.1 Å². The monoisotopic (exact) mass is 360 g/mol. The van der Waals surface area contributed by atoms with Gasteiger partial charge in [-0.05, 0) is 0 Å². The Morgan fingerprint density at radius 1 is 1.21 bits per heavy atom. The third kappa shape index (κ3) is 2.77. The van der Waals surface area contributed by atoms with E-state index in [1.165, 1.54) is 4.90 Å². The molecular weight excluding hydrogens is 344 g/mol. The Balaban J connectivity index is 1.53. The van der Waals surface area contributed by atoms with Crippen molar-refractivity contribution in [2.45, 2.75) is 0 Å². The van der Waals surface area contributed by atoms with E-state index < -0.39 is 34.1 Å². The average Bonchev–Trinajstić information content (AvgIpc) is 2.97. The van der Waals surface area contributed by atoms with Crippen LogP contribution in [0.15, 0.2) is 0 Å². The maximum atomic E-state index is 12.3. The first-order valence-corrected chi connectivity index (χ1v) is 9.08. The van der Waals surface area contributed by atoms with Gasteiger partial charge in [0, 0.05) is 25.6 Å². The van der Waals surface area contributed by atoms with Crippen molar-refractivity contribution in [3.05, 3.63) is 0 Å². The highest BCUT2D eigenvalue weighted by molar-refractivity contribution is 7.88. The second-order valence-corrected chi connectivity index (χ2v) is 7.79. The van der Waals surface area contributed by atoms with Crippen LogP contribution in [0, 0.1) is 5.92 Å². The lowest BCUT2D eigenvalue weighted by Gasteiger charge is -2.41. The first-order chi connectivity index (χ1) is 11.2. The molecule has 6 amide bonds. The normalized spacial score (nSPS) is 22.3. The van der Waals surface area contributed by atoms with E-state index in [1.807, 2.05) is 0 Å². The molecule has 0 saturated carbocycles. The molecule has 24 heavy (non-hydrogen) atoms. The van der Waals surface area contributed by atoms with Crippen LogP contribution in [-0.4, -0.2) is 97.1 Å². The average molecular weight is 360 g/mol. The highest BCUT2D eigenvalue weighted by Crippen LogP contribution is 2.23. The van der Waals surface area contributed by atoms with Gasteiger partial charge in [-0.25, -0.2) is 36.9 Å². The van der Waals surface area contributed by atoms with E-state index in [0.29, 0.717) is 4.31 Å². The minimum atomic E-state index is -3.70. The summed E-state index contributed by atoms with van der Waals surface area (Å²) in [5.41, 5.74) is 0. The van der Waals surface area contributed by atoms with Crippen molar-refractivity contribution in [3.63, 3.8) is 0 Å². The topological polar surface area (TPSA) is 125 Å². The molecule has 12 heteroatoms. The predicted molar refractivity (Wildman–Crippen MR) is 77.2 cm³/mol. The van der Waals surface area contributed by atoms with Crippen molar-refractivity contribution in [2.75, 3.05) is 45.6 Å². The second-order valence-electron chi connectivity index (χ2n) is 5.88. The van der Waals surface area contributed by atoms with Gasteiger partial charge in [-0.2, -0.15) is 0 Å². The third-order valence-electron chi connectivity index (χ3n) is 4.11. The van der Waals surface area contributed by atoms with Gasteiger partial charge in [0.1, 0.15) is 0 Å². The summed E-state index contributed by atoms with van der Waals surface area (Å²) in [6.07, 6.45) is 0.216. The molecule has 3 aliphatic heterocycles. The van der Waals surface area contributed by atoms with Gasteiger partial charge in [-0.1, -0.05) is 0 Å². The number of amides is 6. The molecule has 3 aliphatic rings. The van der Waals surface area contributed by atoms with Crippen LogP contribution in [0.2, 0.25) is 0 Å². The van der Waals surface area contributed by atoms with Crippen LogP contribution in [0.1, 0.15) is 0 Å². The van der Waals surface area contributed by atoms with Crippen LogP contribution in [0.4, 0.5) is 14.4 Å². The largest absolute Gasteiger partial charge is 0.439 e. The molecule has 3 heterocycles. The van der Waals surface area contributed by atoms with E-state index in [-0.39, 0.29) is 45.2 Å². The lowest BCUT2D eigenvalue weighted by molar-refractivity contribution is -0.126. The number of carbonyl (C=O) groups excluding carboxylic acids is 4. The van der Waals surface area contributed by atoms with Crippen LogP contribution in [0.25, 0.3) is 0 Å². The molecular formula is C12H16N4O7S. The minimum Gasteiger partial charge on any atom is -0.439 e. The zero-order chi connectivity index (χ0) is 17.6. The number of ether oxygens (including phenoxy) is 1. The Bertz CT molecular complexity index is 699. The van der Waals surface area contributed by atoms with Crippen molar-refractivity contribution in [3.8, 4) is 0 Å². The number of cyclic esters (lactones) is 1. The first kappa shape index (κ1) is 16.5. The zero-order valence-electron chi connectivity index (χ0n) is 12.9. The van der Waals surface area contributed by atoms with E-state index in [2.05, 4.69) is 4.74 Å². The number of carbonyl (C=O) groups is 4. The van der Waals surface area contributed by atoms with Crippen LogP contribution >= 0.6 is 0 Å². The highest BCUT2D eigenvalue weighted by Gasteiger charge is 2.44. The lowest BCUT2D eigenvalue weighted by atomic mass is 10.00. The van der Waals surface area contributed by atoms with E-state index in [1.54, 1.807) is 0 Å². The molecule has 3 rings (SSSR count). The molecule has 0 aromatic rings. The van der Waals surface area contributed by atoms with Crippen LogP contribution in [-0.2, 0) is 19.6 Å². The lowest BCUT2D eigenvalue weighted by Crippen LogP contribution is -2.58. The van der Waals surface area contributed by atoms with Gasteiger partial charge in [0.15, 0.2) is 6.61 Å². The number of rotatable bonds is 3. The van der Waals surface area contributed by atoms with Crippen molar-refractivity contribution in [1.82, 2.24) is 19.0 Å². The number of imide groups is 2. The molecule has 3 fully saturated rings. The molecule has 132 valence electrons. The minimum absolute atomic E-state index is 0.00282. The molecule has 3 saturated heterocycles. The fourth-order valence-electron chi connectivity index (χ4n) is 2.83. The number of likely N-dealkylation sites (tertiary alicyclic amines) is 1. The van der Waals surface area contributed by atoms with Gasteiger partial charge in [-0.15, -0.1) is 0 Å². The summed E-state index contributed by atoms with van der Waals surface area (Å²) >= 11 is 0. The molecule has 0 N–H and O–H groups in total. The molecule has 0 bridgehead atoms. The number of urea groups is 2. The zero-order valence-corrected chi connectivity index (χ0v) is 13.7. The maximum Gasteiger partial charge on any atom is 0.417 e. The van der Waals surface area contributed by atoms with E-state index >= 15 is 0 Å². The van der Waals surface area contributed by atoms with Crippen molar-refractivity contribution in [1.29, 1.82) is 0 Å². The molecule has 0 atom stereocenters. The van der Waals surface area contributed by atoms with Crippen LogP contribution in [0.5, 0.6) is 0 Å². The molecule has 0 unspecified atom stereocenters. The predicted octanol–water partition coefficient (Wildman–Crippen LogP) is -1.29. The summed E-state index contributed by atoms with van der Waals surface area (Å²) in [7, 11) is -3.70. The van der Waals surface area contributed by atoms with Gasteiger partial charge in [0.25, 0.3) is 5.91 Å². The standard InChI is InChI=1S/C12H16N4O7S/c1-24(21,22)16-3-2-14(11(16)19)10(18)13-4-8(5-13)6-15-9(17)7-23-12(15)20/h8H,2-7H2,1H3. The summed E-state index contributed by atoms with van der Waals surface area (Å²) < 4.78 is 28.1. The second kappa shape index (κ2) is 5.61. The molecule has 0 aliphatic carbocycles. The summed E-state index contributed by atoms with van der Waals surface area (Å²) in [5.74, 6) is -0.504. The van der Waals surface area contributed by atoms with Crippen LogP contribution < -0.4 is 0 Å². The fourth-order valence-corrected chi connectivity index (χ4v) is 3.63. The Morgan fingerprint density at radius 3 is 2.38 bits per heavy atom.